The maximum Gasteiger partial charge on any atom is 0.322 e. The van der Waals surface area contributed by atoms with Crippen LogP contribution in [0.1, 0.15) is 41.4 Å². The molecule has 3 heterocycles. The summed E-state index contributed by atoms with van der Waals surface area (Å²) in [5.41, 5.74) is 3.53. The largest absolute Gasteiger partial charge is 0.360 e. The van der Waals surface area contributed by atoms with Gasteiger partial charge in [-0.3, -0.25) is 0 Å². The average molecular weight is 336 g/mol. The van der Waals surface area contributed by atoms with Crippen LogP contribution >= 0.6 is 0 Å². The molecule has 2 aliphatic heterocycles. The third-order valence-corrected chi connectivity index (χ3v) is 5.37. The third kappa shape index (κ3) is 2.40. The molecule has 3 aliphatic rings. The number of hydrogen-bond acceptors (Lipinski definition) is 4. The Morgan fingerprint density at radius 3 is 2.88 bits per heavy atom. The molecule has 1 aromatic heterocycles. The molecule has 5 rings (SSSR count). The summed E-state index contributed by atoms with van der Waals surface area (Å²) in [4.78, 5) is 23.5. The molecule has 0 unspecified atom stereocenters. The van der Waals surface area contributed by atoms with Crippen LogP contribution in [-0.4, -0.2) is 34.0 Å². The number of anilines is 1. The number of amides is 2. The van der Waals surface area contributed by atoms with Gasteiger partial charge in [-0.25, -0.2) is 14.8 Å². The van der Waals surface area contributed by atoms with E-state index in [0.29, 0.717) is 25.6 Å². The molecule has 2 aromatic rings. The summed E-state index contributed by atoms with van der Waals surface area (Å²) in [6.45, 7) is 3.59. The van der Waals surface area contributed by atoms with E-state index >= 15 is 0 Å². The molecule has 0 atom stereocenters. The number of likely N-dealkylation sites (tertiary alicyclic amines) is 1. The molecule has 1 spiro atoms. The number of carbonyl (C=O) groups is 1. The number of nitrogens with zero attached hydrogens (tertiary/aromatic N) is 3. The van der Waals surface area contributed by atoms with Crippen LogP contribution in [0.4, 0.5) is 10.5 Å². The molecule has 6 nitrogen and oxygen atoms in total. The summed E-state index contributed by atoms with van der Waals surface area (Å²) < 4.78 is 6.03. The van der Waals surface area contributed by atoms with Gasteiger partial charge in [0.05, 0.1) is 25.4 Å². The lowest BCUT2D eigenvalue weighted by atomic mass is 9.88. The lowest BCUT2D eigenvalue weighted by molar-refractivity contribution is -0.122. The Labute approximate surface area is 146 Å². The number of aromatic nitrogens is 2. The molecule has 1 N–H and O–H groups in total. The van der Waals surface area contributed by atoms with E-state index in [4.69, 9.17) is 4.74 Å². The van der Waals surface area contributed by atoms with Crippen molar-refractivity contribution in [1.82, 2.24) is 14.9 Å². The summed E-state index contributed by atoms with van der Waals surface area (Å²) >= 11 is 0. The van der Waals surface area contributed by atoms with Gasteiger partial charge in [0.25, 0.3) is 0 Å². The van der Waals surface area contributed by atoms with Gasteiger partial charge < -0.3 is 15.0 Å². The van der Waals surface area contributed by atoms with Crippen LogP contribution in [0, 0.1) is 6.92 Å². The van der Waals surface area contributed by atoms with E-state index in [9.17, 15) is 4.79 Å². The highest BCUT2D eigenvalue weighted by Gasteiger charge is 2.52. The summed E-state index contributed by atoms with van der Waals surface area (Å²) in [6, 6.07) is 7.69. The molecule has 0 radical (unpaired) electrons. The first kappa shape index (κ1) is 14.8. The average Bonchev–Trinajstić information content (AvgIpc) is 3.36. The van der Waals surface area contributed by atoms with E-state index in [2.05, 4.69) is 15.3 Å². The van der Waals surface area contributed by atoms with Crippen LogP contribution in [-0.2, 0) is 16.9 Å². The van der Waals surface area contributed by atoms with E-state index in [0.717, 1.165) is 28.3 Å². The minimum Gasteiger partial charge on any atom is -0.360 e. The highest BCUT2D eigenvalue weighted by Crippen LogP contribution is 2.44. The van der Waals surface area contributed by atoms with Crippen LogP contribution in [0.5, 0.6) is 0 Å². The van der Waals surface area contributed by atoms with Gasteiger partial charge in [0.15, 0.2) is 0 Å². The van der Waals surface area contributed by atoms with Crippen molar-refractivity contribution in [1.29, 1.82) is 0 Å². The zero-order valence-corrected chi connectivity index (χ0v) is 14.2. The Hall–Kier alpha value is -2.47. The molecule has 1 aliphatic carbocycles. The fourth-order valence-corrected chi connectivity index (χ4v) is 3.63. The van der Waals surface area contributed by atoms with Crippen LogP contribution in [0.3, 0.4) is 0 Å². The summed E-state index contributed by atoms with van der Waals surface area (Å²) in [6.07, 6.45) is 4.30. The smallest absolute Gasteiger partial charge is 0.322 e. The number of rotatable bonds is 2. The minimum absolute atomic E-state index is 0.0903. The number of benzene rings is 1. The highest BCUT2D eigenvalue weighted by atomic mass is 16.5. The number of nitrogens with one attached hydrogen (secondary N) is 1. The molecular weight excluding hydrogens is 316 g/mol. The van der Waals surface area contributed by atoms with Gasteiger partial charge in [0, 0.05) is 23.4 Å². The van der Waals surface area contributed by atoms with E-state index in [-0.39, 0.29) is 6.03 Å². The molecule has 1 saturated carbocycles. The van der Waals surface area contributed by atoms with Crippen LogP contribution in [0.15, 0.2) is 30.5 Å². The molecule has 6 heteroatoms. The maximum absolute atomic E-state index is 12.5. The van der Waals surface area contributed by atoms with Gasteiger partial charge >= 0.3 is 6.03 Å². The molecular formula is C19H20N4O2. The molecule has 25 heavy (non-hydrogen) atoms. The Bertz CT molecular complexity index is 856. The Morgan fingerprint density at radius 1 is 1.32 bits per heavy atom. The van der Waals surface area contributed by atoms with Gasteiger partial charge in [-0.05, 0) is 31.4 Å². The standard InChI is InChI=1S/C19H20N4O2/c1-12-4-2-3-5-15(12)22-18(24)23-10-19(11-23)14-8-20-17(13-6-7-13)21-16(14)9-25-19/h2-5,8,13H,6-7,9-11H2,1H3,(H,22,24). The van der Waals surface area contributed by atoms with E-state index in [1.807, 2.05) is 37.4 Å². The molecule has 0 bridgehead atoms. The quantitative estimate of drug-likeness (QED) is 0.915. The topological polar surface area (TPSA) is 67.4 Å². The first-order chi connectivity index (χ1) is 12.1. The number of fused-ring (bicyclic) bond motifs is 2. The van der Waals surface area contributed by atoms with Crippen LogP contribution < -0.4 is 5.32 Å². The van der Waals surface area contributed by atoms with Gasteiger partial charge in [-0.15, -0.1) is 0 Å². The maximum atomic E-state index is 12.5. The molecule has 2 fully saturated rings. The van der Waals surface area contributed by atoms with Crippen molar-refractivity contribution in [2.24, 2.45) is 0 Å². The number of ether oxygens (including phenoxy) is 1. The first-order valence-electron chi connectivity index (χ1n) is 8.76. The number of carbonyl (C=O) groups excluding carboxylic acids is 1. The SMILES string of the molecule is Cc1ccccc1NC(=O)N1CC2(C1)OCc1nc(C3CC3)ncc12. The zero-order valence-electron chi connectivity index (χ0n) is 14.2. The van der Waals surface area contributed by atoms with Gasteiger partial charge in [-0.1, -0.05) is 18.2 Å². The lowest BCUT2D eigenvalue weighted by Crippen LogP contribution is -2.62. The Morgan fingerprint density at radius 2 is 2.12 bits per heavy atom. The van der Waals surface area contributed by atoms with Gasteiger partial charge in [0.2, 0.25) is 0 Å². The normalized spacial score (nSPS) is 20.3. The molecule has 2 amide bonds. The van der Waals surface area contributed by atoms with E-state index < -0.39 is 5.60 Å². The molecule has 1 saturated heterocycles. The predicted molar refractivity (Wildman–Crippen MR) is 92.2 cm³/mol. The monoisotopic (exact) mass is 336 g/mol. The second-order valence-electron chi connectivity index (χ2n) is 7.25. The predicted octanol–water partition coefficient (Wildman–Crippen LogP) is 2.94. The summed E-state index contributed by atoms with van der Waals surface area (Å²) in [5.74, 6) is 1.49. The highest BCUT2D eigenvalue weighted by molar-refractivity contribution is 5.91. The molecule has 128 valence electrons. The number of para-hydroxylation sites is 1. The van der Waals surface area contributed by atoms with Crippen molar-refractivity contribution >= 4 is 11.7 Å². The number of urea groups is 1. The fraction of sp³-hybridized carbons (Fsp3) is 0.421. The number of aryl methyl sites for hydroxylation is 1. The van der Waals surface area contributed by atoms with Gasteiger partial charge in [0.1, 0.15) is 11.4 Å². The van der Waals surface area contributed by atoms with Crippen molar-refractivity contribution in [2.45, 2.75) is 37.9 Å². The van der Waals surface area contributed by atoms with E-state index in [1.165, 1.54) is 12.8 Å². The fourth-order valence-electron chi connectivity index (χ4n) is 3.63. The van der Waals surface area contributed by atoms with Crippen LogP contribution in [0.2, 0.25) is 0 Å². The Balaban J connectivity index is 1.29. The summed E-state index contributed by atoms with van der Waals surface area (Å²) in [5, 5.41) is 2.97. The van der Waals surface area contributed by atoms with Gasteiger partial charge in [-0.2, -0.15) is 0 Å². The minimum atomic E-state index is -0.416. The lowest BCUT2D eigenvalue weighted by Gasteiger charge is -2.46. The summed E-state index contributed by atoms with van der Waals surface area (Å²) in [7, 11) is 0. The van der Waals surface area contributed by atoms with E-state index in [1.54, 1.807) is 4.90 Å². The Kier molecular flexibility index (Phi) is 3.12. The second-order valence-corrected chi connectivity index (χ2v) is 7.25. The first-order valence-corrected chi connectivity index (χ1v) is 8.76. The molecule has 1 aromatic carbocycles. The third-order valence-electron chi connectivity index (χ3n) is 5.37. The van der Waals surface area contributed by atoms with Crippen LogP contribution in [0.25, 0.3) is 0 Å². The number of hydrogen-bond donors (Lipinski definition) is 1. The van der Waals surface area contributed by atoms with Crippen molar-refractivity contribution in [2.75, 3.05) is 18.4 Å². The zero-order chi connectivity index (χ0) is 17.0. The second kappa shape index (κ2) is 5.26. The van der Waals surface area contributed by atoms with Crippen molar-refractivity contribution in [3.05, 3.63) is 53.1 Å². The van der Waals surface area contributed by atoms with Crippen molar-refractivity contribution in [3.8, 4) is 0 Å². The van der Waals surface area contributed by atoms with Crippen molar-refractivity contribution in [3.63, 3.8) is 0 Å². The van der Waals surface area contributed by atoms with Crippen molar-refractivity contribution < 1.29 is 9.53 Å².